The topological polar surface area (TPSA) is 29.1 Å². The number of rotatable bonds is 3. The number of hydrogen-bond acceptors (Lipinski definition) is 3. The Bertz CT molecular complexity index is 687. The molecule has 2 aromatic rings. The fourth-order valence-corrected chi connectivity index (χ4v) is 5.32. The van der Waals surface area contributed by atoms with E-state index in [2.05, 4.69) is 21.2 Å². The lowest BCUT2D eigenvalue weighted by molar-refractivity contribution is 0.102. The van der Waals surface area contributed by atoms with Gasteiger partial charge in [0.15, 0.2) is 0 Å². The summed E-state index contributed by atoms with van der Waals surface area (Å²) in [6.07, 6.45) is 0. The van der Waals surface area contributed by atoms with Gasteiger partial charge in [-0.25, -0.2) is 4.39 Å². The van der Waals surface area contributed by atoms with Gasteiger partial charge in [0.05, 0.1) is 10.3 Å². The van der Waals surface area contributed by atoms with Gasteiger partial charge in [-0.15, -0.1) is 23.5 Å². The van der Waals surface area contributed by atoms with Crippen LogP contribution in [0.5, 0.6) is 0 Å². The van der Waals surface area contributed by atoms with Crippen molar-refractivity contribution in [1.29, 1.82) is 0 Å². The highest BCUT2D eigenvalue weighted by atomic mass is 79.9. The maximum absolute atomic E-state index is 13.7. The molecule has 114 valence electrons. The van der Waals surface area contributed by atoms with Crippen LogP contribution in [0.3, 0.4) is 0 Å². The SMILES string of the molecule is O=C(Nc1ccc(Br)cc1F)c1ccc(C2SCCS2)cc1. The molecule has 1 fully saturated rings. The quantitative estimate of drug-likeness (QED) is 0.759. The van der Waals surface area contributed by atoms with Gasteiger partial charge in [0.1, 0.15) is 5.82 Å². The molecule has 22 heavy (non-hydrogen) atoms. The molecule has 0 unspecified atom stereocenters. The second-order valence-corrected chi connectivity index (χ2v) is 8.41. The molecule has 1 heterocycles. The summed E-state index contributed by atoms with van der Waals surface area (Å²) in [7, 11) is 0. The van der Waals surface area contributed by atoms with Crippen LogP contribution in [0, 0.1) is 5.82 Å². The van der Waals surface area contributed by atoms with Crippen molar-refractivity contribution < 1.29 is 9.18 Å². The van der Waals surface area contributed by atoms with Crippen molar-refractivity contribution in [2.75, 3.05) is 16.8 Å². The highest BCUT2D eigenvalue weighted by molar-refractivity contribution is 9.10. The van der Waals surface area contributed by atoms with Crippen LogP contribution in [0.25, 0.3) is 0 Å². The third-order valence-electron chi connectivity index (χ3n) is 3.25. The number of halogens is 2. The summed E-state index contributed by atoms with van der Waals surface area (Å²) in [6, 6.07) is 12.1. The number of carbonyl (C=O) groups excluding carboxylic acids is 1. The minimum absolute atomic E-state index is 0.180. The summed E-state index contributed by atoms with van der Waals surface area (Å²) in [6.45, 7) is 0. The molecule has 1 aliphatic rings. The summed E-state index contributed by atoms with van der Waals surface area (Å²) in [4.78, 5) is 12.2. The number of carbonyl (C=O) groups is 1. The normalized spacial score (nSPS) is 15.0. The minimum atomic E-state index is -0.460. The lowest BCUT2D eigenvalue weighted by atomic mass is 10.1. The zero-order valence-electron chi connectivity index (χ0n) is 11.5. The molecule has 1 N–H and O–H groups in total. The Kier molecular flexibility index (Phi) is 5.10. The van der Waals surface area contributed by atoms with Crippen molar-refractivity contribution in [3.8, 4) is 0 Å². The predicted octanol–water partition coefficient (Wildman–Crippen LogP) is 5.32. The molecule has 0 bridgehead atoms. The van der Waals surface area contributed by atoms with Gasteiger partial charge >= 0.3 is 0 Å². The van der Waals surface area contributed by atoms with E-state index in [1.165, 1.54) is 29.2 Å². The molecule has 0 atom stereocenters. The summed E-state index contributed by atoms with van der Waals surface area (Å²) in [5, 5.41) is 2.60. The molecule has 0 aromatic heterocycles. The van der Waals surface area contributed by atoms with E-state index >= 15 is 0 Å². The average molecular weight is 398 g/mol. The van der Waals surface area contributed by atoms with Crippen LogP contribution in [-0.4, -0.2) is 17.4 Å². The van der Waals surface area contributed by atoms with Crippen molar-refractivity contribution in [1.82, 2.24) is 0 Å². The molecule has 1 aliphatic heterocycles. The van der Waals surface area contributed by atoms with Crippen LogP contribution in [-0.2, 0) is 0 Å². The fraction of sp³-hybridized carbons (Fsp3) is 0.188. The molecule has 6 heteroatoms. The molecular weight excluding hydrogens is 385 g/mol. The maximum Gasteiger partial charge on any atom is 0.255 e. The van der Waals surface area contributed by atoms with Gasteiger partial charge in [0, 0.05) is 21.5 Å². The van der Waals surface area contributed by atoms with Crippen LogP contribution >= 0.6 is 39.5 Å². The molecule has 1 saturated heterocycles. The Morgan fingerprint density at radius 1 is 1.14 bits per heavy atom. The number of nitrogens with one attached hydrogen (secondary N) is 1. The van der Waals surface area contributed by atoms with E-state index in [0.717, 1.165) is 0 Å². The minimum Gasteiger partial charge on any atom is -0.319 e. The monoisotopic (exact) mass is 397 g/mol. The summed E-state index contributed by atoms with van der Waals surface area (Å²) in [5.41, 5.74) is 1.93. The first-order valence-corrected chi connectivity index (χ1v) is 9.62. The lowest BCUT2D eigenvalue weighted by Gasteiger charge is -2.10. The third-order valence-corrected chi connectivity index (χ3v) is 6.84. The van der Waals surface area contributed by atoms with Crippen LogP contribution in [0.1, 0.15) is 20.5 Å². The second kappa shape index (κ2) is 7.06. The number of benzene rings is 2. The van der Waals surface area contributed by atoms with Gasteiger partial charge in [0.25, 0.3) is 5.91 Å². The van der Waals surface area contributed by atoms with Crippen LogP contribution in [0.15, 0.2) is 46.9 Å². The van der Waals surface area contributed by atoms with Gasteiger partial charge in [0.2, 0.25) is 0 Å². The summed E-state index contributed by atoms with van der Waals surface area (Å²) < 4.78 is 14.8. The van der Waals surface area contributed by atoms with E-state index in [9.17, 15) is 9.18 Å². The summed E-state index contributed by atoms with van der Waals surface area (Å²) >= 11 is 7.04. The zero-order valence-corrected chi connectivity index (χ0v) is 14.7. The van der Waals surface area contributed by atoms with Crippen molar-refractivity contribution in [2.45, 2.75) is 4.58 Å². The van der Waals surface area contributed by atoms with Crippen molar-refractivity contribution in [3.63, 3.8) is 0 Å². The highest BCUT2D eigenvalue weighted by Gasteiger charge is 2.18. The highest BCUT2D eigenvalue weighted by Crippen LogP contribution is 2.45. The molecule has 2 aromatic carbocycles. The Hall–Kier alpha value is -0.980. The number of anilines is 1. The van der Waals surface area contributed by atoms with Gasteiger partial charge in [-0.3, -0.25) is 4.79 Å². The first-order chi connectivity index (χ1) is 10.6. The van der Waals surface area contributed by atoms with E-state index in [1.54, 1.807) is 18.2 Å². The zero-order chi connectivity index (χ0) is 15.5. The molecule has 3 rings (SSSR count). The molecule has 0 aliphatic carbocycles. The number of amides is 1. The number of thioether (sulfide) groups is 2. The first-order valence-electron chi connectivity index (χ1n) is 6.73. The smallest absolute Gasteiger partial charge is 0.255 e. The Balaban J connectivity index is 1.71. The van der Waals surface area contributed by atoms with E-state index in [1.807, 2.05) is 35.7 Å². The van der Waals surface area contributed by atoms with Gasteiger partial charge in [-0.1, -0.05) is 28.1 Å². The van der Waals surface area contributed by atoms with Crippen molar-refractivity contribution in [3.05, 3.63) is 63.9 Å². The largest absolute Gasteiger partial charge is 0.319 e. The van der Waals surface area contributed by atoms with Crippen molar-refractivity contribution in [2.24, 2.45) is 0 Å². The molecule has 0 radical (unpaired) electrons. The first kappa shape index (κ1) is 15.9. The Labute approximate surface area is 145 Å². The predicted molar refractivity (Wildman–Crippen MR) is 96.2 cm³/mol. The third kappa shape index (κ3) is 3.67. The average Bonchev–Trinajstić information content (AvgIpc) is 3.04. The molecule has 0 saturated carbocycles. The molecule has 1 amide bonds. The maximum atomic E-state index is 13.7. The van der Waals surface area contributed by atoms with Crippen LogP contribution < -0.4 is 5.32 Å². The van der Waals surface area contributed by atoms with Crippen LogP contribution in [0.2, 0.25) is 0 Å². The van der Waals surface area contributed by atoms with Crippen LogP contribution in [0.4, 0.5) is 10.1 Å². The van der Waals surface area contributed by atoms with E-state index in [-0.39, 0.29) is 11.6 Å². The number of hydrogen-bond donors (Lipinski definition) is 1. The molecule has 0 spiro atoms. The van der Waals surface area contributed by atoms with Gasteiger partial charge in [-0.2, -0.15) is 0 Å². The van der Waals surface area contributed by atoms with E-state index in [0.29, 0.717) is 14.6 Å². The lowest BCUT2D eigenvalue weighted by Crippen LogP contribution is -2.13. The molecular formula is C16H13BrFNOS2. The molecule has 2 nitrogen and oxygen atoms in total. The second-order valence-electron chi connectivity index (χ2n) is 4.77. The van der Waals surface area contributed by atoms with Gasteiger partial charge < -0.3 is 5.32 Å². The van der Waals surface area contributed by atoms with E-state index in [4.69, 9.17) is 0 Å². The van der Waals surface area contributed by atoms with Gasteiger partial charge in [-0.05, 0) is 35.9 Å². The fourth-order valence-electron chi connectivity index (χ4n) is 2.13. The Morgan fingerprint density at radius 3 is 2.45 bits per heavy atom. The summed E-state index contributed by atoms with van der Waals surface area (Å²) in [5.74, 6) is 1.57. The standard InChI is InChI=1S/C16H13BrFNOS2/c17-12-5-6-14(13(18)9-12)19-15(20)10-1-3-11(4-2-10)16-21-7-8-22-16/h1-6,9,16H,7-8H2,(H,19,20). The Morgan fingerprint density at radius 2 is 1.82 bits per heavy atom. The van der Waals surface area contributed by atoms with Crippen molar-refractivity contribution >= 4 is 51.0 Å². The van der Waals surface area contributed by atoms with E-state index < -0.39 is 5.82 Å².